The average molecular weight is 283 g/mol. The highest BCUT2D eigenvalue weighted by atomic mass is 32.2. The first kappa shape index (κ1) is 13.6. The lowest BCUT2D eigenvalue weighted by Gasteiger charge is -2.31. The van der Waals surface area contributed by atoms with Gasteiger partial charge in [0.15, 0.2) is 0 Å². The van der Waals surface area contributed by atoms with Crippen molar-refractivity contribution < 1.29 is 0 Å². The maximum absolute atomic E-state index is 2.55. The van der Waals surface area contributed by atoms with Crippen LogP contribution in [0, 0.1) is 6.92 Å². The van der Waals surface area contributed by atoms with E-state index in [0.717, 1.165) is 12.3 Å². The highest BCUT2D eigenvalue weighted by molar-refractivity contribution is 7.99. The molecule has 0 atom stereocenters. The molecule has 0 unspecified atom stereocenters. The molecule has 3 rings (SSSR count). The zero-order valence-corrected chi connectivity index (χ0v) is 12.8. The first-order valence-corrected chi connectivity index (χ1v) is 8.34. The molecule has 20 heavy (non-hydrogen) atoms. The summed E-state index contributed by atoms with van der Waals surface area (Å²) < 4.78 is 0. The van der Waals surface area contributed by atoms with E-state index in [-0.39, 0.29) is 0 Å². The minimum atomic E-state index is 1.13. The summed E-state index contributed by atoms with van der Waals surface area (Å²) in [4.78, 5) is 3.92. The van der Waals surface area contributed by atoms with Gasteiger partial charge in [0.2, 0.25) is 0 Å². The Kier molecular flexibility index (Phi) is 4.31. The number of benzene rings is 2. The Bertz CT molecular complexity index is 565. The molecule has 0 fully saturated rings. The van der Waals surface area contributed by atoms with E-state index in [1.165, 1.54) is 41.1 Å². The molecular weight excluding hydrogens is 262 g/mol. The lowest BCUT2D eigenvalue weighted by atomic mass is 10.00. The number of anilines is 1. The summed E-state index contributed by atoms with van der Waals surface area (Å²) in [7, 11) is 0. The third-order valence-electron chi connectivity index (χ3n) is 3.82. The van der Waals surface area contributed by atoms with Crippen LogP contribution in [-0.2, 0) is 6.42 Å². The number of thioether (sulfide) groups is 1. The number of hydrogen-bond donors (Lipinski definition) is 0. The standard InChI is InChI=1S/C18H21NS/c1-15-9-10-18-16(14-15)6-5-11-19(18)12-13-20-17-7-3-2-4-8-17/h2-4,7-10,14H,5-6,11-13H2,1H3. The van der Waals surface area contributed by atoms with Gasteiger partial charge in [0, 0.05) is 29.4 Å². The monoisotopic (exact) mass is 283 g/mol. The van der Waals surface area contributed by atoms with Crippen molar-refractivity contribution in [3.8, 4) is 0 Å². The first-order chi connectivity index (χ1) is 9.83. The van der Waals surface area contributed by atoms with Crippen molar-refractivity contribution in [2.24, 2.45) is 0 Å². The lowest BCUT2D eigenvalue weighted by molar-refractivity contribution is 0.709. The van der Waals surface area contributed by atoms with Crippen molar-refractivity contribution in [2.45, 2.75) is 24.7 Å². The van der Waals surface area contributed by atoms with E-state index in [1.807, 2.05) is 11.8 Å². The molecule has 2 aromatic rings. The number of aryl methyl sites for hydroxylation is 2. The Morgan fingerprint density at radius 3 is 2.80 bits per heavy atom. The predicted molar refractivity (Wildman–Crippen MR) is 88.9 cm³/mol. The number of rotatable bonds is 4. The number of fused-ring (bicyclic) bond motifs is 1. The highest BCUT2D eigenvalue weighted by Crippen LogP contribution is 2.28. The van der Waals surface area contributed by atoms with E-state index in [0.29, 0.717) is 0 Å². The van der Waals surface area contributed by atoms with Gasteiger partial charge in [0.05, 0.1) is 0 Å². The summed E-state index contributed by atoms with van der Waals surface area (Å²) in [6, 6.07) is 17.6. The molecule has 0 radical (unpaired) electrons. The largest absolute Gasteiger partial charge is 0.370 e. The molecule has 2 heteroatoms. The van der Waals surface area contributed by atoms with Crippen LogP contribution in [-0.4, -0.2) is 18.8 Å². The summed E-state index contributed by atoms with van der Waals surface area (Å²) in [6.07, 6.45) is 2.52. The van der Waals surface area contributed by atoms with Crippen LogP contribution in [0.4, 0.5) is 5.69 Å². The quantitative estimate of drug-likeness (QED) is 0.758. The van der Waals surface area contributed by atoms with Gasteiger partial charge < -0.3 is 4.90 Å². The Morgan fingerprint density at radius 2 is 1.95 bits per heavy atom. The summed E-state index contributed by atoms with van der Waals surface area (Å²) in [6.45, 7) is 4.52. The molecule has 1 heterocycles. The first-order valence-electron chi connectivity index (χ1n) is 7.35. The second kappa shape index (κ2) is 6.36. The minimum absolute atomic E-state index is 1.13. The number of nitrogens with zero attached hydrogens (tertiary/aromatic N) is 1. The molecule has 0 aliphatic carbocycles. The van der Waals surface area contributed by atoms with Crippen molar-refractivity contribution >= 4 is 17.4 Å². The van der Waals surface area contributed by atoms with Gasteiger partial charge in [-0.2, -0.15) is 0 Å². The Morgan fingerprint density at radius 1 is 1.10 bits per heavy atom. The van der Waals surface area contributed by atoms with Gasteiger partial charge in [0.25, 0.3) is 0 Å². The molecule has 1 aliphatic rings. The molecule has 2 aromatic carbocycles. The lowest BCUT2D eigenvalue weighted by Crippen LogP contribution is -2.31. The molecule has 104 valence electrons. The molecule has 1 nitrogen and oxygen atoms in total. The van der Waals surface area contributed by atoms with E-state index in [2.05, 4.69) is 60.4 Å². The number of hydrogen-bond acceptors (Lipinski definition) is 2. The van der Waals surface area contributed by atoms with Crippen molar-refractivity contribution in [3.63, 3.8) is 0 Å². The summed E-state index contributed by atoms with van der Waals surface area (Å²) in [5, 5.41) is 0. The Labute approximate surface area is 126 Å². The van der Waals surface area contributed by atoms with Crippen molar-refractivity contribution in [3.05, 3.63) is 59.7 Å². The molecular formula is C18H21NS. The molecule has 0 aromatic heterocycles. The SMILES string of the molecule is Cc1ccc2c(c1)CCCN2CCSc1ccccc1. The van der Waals surface area contributed by atoms with E-state index >= 15 is 0 Å². The molecule has 0 amide bonds. The molecule has 0 N–H and O–H groups in total. The normalized spacial score (nSPS) is 14.2. The van der Waals surface area contributed by atoms with Crippen LogP contribution in [0.2, 0.25) is 0 Å². The van der Waals surface area contributed by atoms with Gasteiger partial charge in [-0.3, -0.25) is 0 Å². The van der Waals surface area contributed by atoms with Crippen molar-refractivity contribution in [2.75, 3.05) is 23.7 Å². The fourth-order valence-corrected chi connectivity index (χ4v) is 3.72. The maximum atomic E-state index is 2.55. The van der Waals surface area contributed by atoms with Crippen LogP contribution in [0.15, 0.2) is 53.4 Å². The van der Waals surface area contributed by atoms with Gasteiger partial charge in [-0.05, 0) is 43.5 Å². The second-order valence-corrected chi connectivity index (χ2v) is 6.55. The maximum Gasteiger partial charge on any atom is 0.0399 e. The highest BCUT2D eigenvalue weighted by Gasteiger charge is 2.16. The van der Waals surface area contributed by atoms with Crippen LogP contribution in [0.5, 0.6) is 0 Å². The summed E-state index contributed by atoms with van der Waals surface area (Å²) in [5.41, 5.74) is 4.36. The summed E-state index contributed by atoms with van der Waals surface area (Å²) >= 11 is 1.95. The minimum Gasteiger partial charge on any atom is -0.370 e. The van der Waals surface area contributed by atoms with Crippen molar-refractivity contribution in [1.82, 2.24) is 0 Å². The van der Waals surface area contributed by atoms with Gasteiger partial charge in [-0.15, -0.1) is 11.8 Å². The Hall–Kier alpha value is -1.41. The topological polar surface area (TPSA) is 3.24 Å². The molecule has 0 spiro atoms. The fraction of sp³-hybridized carbons (Fsp3) is 0.333. The molecule has 0 saturated carbocycles. The second-order valence-electron chi connectivity index (χ2n) is 5.38. The molecule has 0 bridgehead atoms. The van der Waals surface area contributed by atoms with Crippen LogP contribution in [0.1, 0.15) is 17.5 Å². The fourth-order valence-electron chi connectivity index (χ4n) is 2.83. The van der Waals surface area contributed by atoms with Gasteiger partial charge >= 0.3 is 0 Å². The van der Waals surface area contributed by atoms with Crippen molar-refractivity contribution in [1.29, 1.82) is 0 Å². The molecule has 0 saturated heterocycles. The van der Waals surface area contributed by atoms with Gasteiger partial charge in [-0.1, -0.05) is 35.9 Å². The van der Waals surface area contributed by atoms with E-state index < -0.39 is 0 Å². The molecule has 1 aliphatic heterocycles. The summed E-state index contributed by atoms with van der Waals surface area (Å²) in [5.74, 6) is 1.15. The van der Waals surface area contributed by atoms with Crippen LogP contribution >= 0.6 is 11.8 Å². The third kappa shape index (κ3) is 3.18. The average Bonchev–Trinajstić information content (AvgIpc) is 2.48. The van der Waals surface area contributed by atoms with E-state index in [4.69, 9.17) is 0 Å². The van der Waals surface area contributed by atoms with E-state index in [9.17, 15) is 0 Å². The zero-order chi connectivity index (χ0) is 13.8. The smallest absolute Gasteiger partial charge is 0.0399 e. The van der Waals surface area contributed by atoms with Crippen LogP contribution in [0.25, 0.3) is 0 Å². The zero-order valence-electron chi connectivity index (χ0n) is 12.0. The van der Waals surface area contributed by atoms with Gasteiger partial charge in [0.1, 0.15) is 0 Å². The van der Waals surface area contributed by atoms with E-state index in [1.54, 1.807) is 0 Å². The van der Waals surface area contributed by atoms with Crippen LogP contribution in [0.3, 0.4) is 0 Å². The predicted octanol–water partition coefficient (Wildman–Crippen LogP) is 4.54. The third-order valence-corrected chi connectivity index (χ3v) is 4.82. The van der Waals surface area contributed by atoms with Gasteiger partial charge in [-0.25, -0.2) is 0 Å². The Balaban J connectivity index is 1.62. The van der Waals surface area contributed by atoms with Crippen LogP contribution < -0.4 is 4.90 Å².